The summed E-state index contributed by atoms with van der Waals surface area (Å²) in [6, 6.07) is 17.8. The highest BCUT2D eigenvalue weighted by molar-refractivity contribution is 6.10. The third kappa shape index (κ3) is 3.57. The van der Waals surface area contributed by atoms with Gasteiger partial charge in [0.05, 0.1) is 6.54 Å². The minimum atomic E-state index is -1.38. The van der Waals surface area contributed by atoms with Crippen LogP contribution in [0.5, 0.6) is 0 Å². The van der Waals surface area contributed by atoms with Crippen LogP contribution in [0.25, 0.3) is 0 Å². The van der Waals surface area contributed by atoms with Crippen molar-refractivity contribution in [2.45, 2.75) is 37.8 Å². The van der Waals surface area contributed by atoms with Gasteiger partial charge in [-0.15, -0.1) is 0 Å². The Morgan fingerprint density at radius 2 is 1.63 bits per heavy atom. The van der Waals surface area contributed by atoms with E-state index < -0.39 is 17.5 Å². The fourth-order valence-corrected chi connectivity index (χ4v) is 4.30. The summed E-state index contributed by atoms with van der Waals surface area (Å²) in [6.45, 7) is 3.09. The predicted molar refractivity (Wildman–Crippen MR) is 112 cm³/mol. The maximum atomic E-state index is 13.5. The molecule has 2 heterocycles. The van der Waals surface area contributed by atoms with Crippen LogP contribution in [0.2, 0.25) is 0 Å². The lowest BCUT2D eigenvalue weighted by atomic mass is 9.83. The molecule has 2 saturated heterocycles. The molecule has 2 aromatic carbocycles. The van der Waals surface area contributed by atoms with Gasteiger partial charge in [0.2, 0.25) is 0 Å². The summed E-state index contributed by atoms with van der Waals surface area (Å²) >= 11 is 0. The summed E-state index contributed by atoms with van der Waals surface area (Å²) in [5.41, 5.74) is 2.42. The number of imide groups is 1. The first-order valence-corrected chi connectivity index (χ1v) is 10.3. The number of urea groups is 1. The Hall–Kier alpha value is -3.19. The molecule has 2 aliphatic heterocycles. The first-order valence-electron chi connectivity index (χ1n) is 10.3. The highest BCUT2D eigenvalue weighted by atomic mass is 16.2. The van der Waals surface area contributed by atoms with Crippen LogP contribution in [-0.2, 0) is 15.1 Å². The van der Waals surface area contributed by atoms with Crippen molar-refractivity contribution in [3.05, 3.63) is 71.8 Å². The molecule has 0 saturated carbocycles. The molecule has 30 heavy (non-hydrogen) atoms. The molecule has 0 spiro atoms. The van der Waals surface area contributed by atoms with Gasteiger partial charge in [-0.05, 0) is 37.4 Å². The number of nitrogens with one attached hydrogen (secondary N) is 2. The minimum Gasteiger partial charge on any atom is -0.314 e. The van der Waals surface area contributed by atoms with E-state index in [1.54, 1.807) is 24.3 Å². The Labute approximate surface area is 176 Å². The molecule has 2 N–H and O–H groups in total. The Morgan fingerprint density at radius 3 is 2.20 bits per heavy atom. The fourth-order valence-electron chi connectivity index (χ4n) is 4.30. The van der Waals surface area contributed by atoms with Crippen LogP contribution in [0.4, 0.5) is 4.79 Å². The number of rotatable bonds is 5. The van der Waals surface area contributed by atoms with Crippen molar-refractivity contribution < 1.29 is 14.4 Å². The van der Waals surface area contributed by atoms with E-state index in [9.17, 15) is 14.4 Å². The molecule has 1 atom stereocenters. The topological polar surface area (TPSA) is 81.8 Å². The number of amides is 4. The Balaban J connectivity index is 1.60. The van der Waals surface area contributed by atoms with Gasteiger partial charge in [-0.2, -0.15) is 5.01 Å². The van der Waals surface area contributed by atoms with Crippen LogP contribution in [0, 0.1) is 0 Å². The van der Waals surface area contributed by atoms with Gasteiger partial charge < -0.3 is 5.32 Å². The van der Waals surface area contributed by atoms with Crippen LogP contribution in [0.15, 0.2) is 60.7 Å². The van der Waals surface area contributed by atoms with Crippen LogP contribution >= 0.6 is 0 Å². The molecular weight excluding hydrogens is 380 g/mol. The summed E-state index contributed by atoms with van der Waals surface area (Å²) < 4.78 is 0. The van der Waals surface area contributed by atoms with Crippen LogP contribution in [0.3, 0.4) is 0 Å². The normalized spacial score (nSPS) is 21.4. The summed E-state index contributed by atoms with van der Waals surface area (Å²) in [5.74, 6) is -0.894. The zero-order valence-electron chi connectivity index (χ0n) is 17.0. The molecule has 0 unspecified atom stereocenters. The van der Waals surface area contributed by atoms with Crippen molar-refractivity contribution in [3.63, 3.8) is 0 Å². The monoisotopic (exact) mass is 406 g/mol. The van der Waals surface area contributed by atoms with E-state index >= 15 is 0 Å². The van der Waals surface area contributed by atoms with Crippen molar-refractivity contribution in [2.24, 2.45) is 0 Å². The average molecular weight is 406 g/mol. The van der Waals surface area contributed by atoms with E-state index in [1.165, 1.54) is 0 Å². The number of hydrazine groups is 1. The molecule has 0 bridgehead atoms. The van der Waals surface area contributed by atoms with E-state index in [2.05, 4.69) is 22.6 Å². The lowest BCUT2D eigenvalue weighted by molar-refractivity contribution is -0.139. The number of nitrogens with zero attached hydrogens (tertiary/aromatic N) is 2. The van der Waals surface area contributed by atoms with Gasteiger partial charge in [0, 0.05) is 6.04 Å². The quantitative estimate of drug-likeness (QED) is 0.747. The van der Waals surface area contributed by atoms with Gasteiger partial charge in [0.25, 0.3) is 11.8 Å². The van der Waals surface area contributed by atoms with Crippen LogP contribution in [0.1, 0.15) is 37.3 Å². The lowest BCUT2D eigenvalue weighted by Crippen LogP contribution is -2.52. The third-order valence-corrected chi connectivity index (χ3v) is 5.96. The number of benzene rings is 2. The van der Waals surface area contributed by atoms with E-state index in [-0.39, 0.29) is 12.5 Å². The van der Waals surface area contributed by atoms with Gasteiger partial charge in [0.1, 0.15) is 0 Å². The molecule has 4 rings (SSSR count). The van der Waals surface area contributed by atoms with E-state index in [0.717, 1.165) is 30.8 Å². The molecule has 2 aliphatic rings. The highest BCUT2D eigenvalue weighted by Crippen LogP contribution is 2.35. The zero-order chi connectivity index (χ0) is 21.1. The molecule has 0 aromatic heterocycles. The van der Waals surface area contributed by atoms with Crippen molar-refractivity contribution in [2.75, 3.05) is 13.1 Å². The molecule has 2 fully saturated rings. The van der Waals surface area contributed by atoms with Crippen molar-refractivity contribution in [3.8, 4) is 0 Å². The van der Waals surface area contributed by atoms with Gasteiger partial charge >= 0.3 is 6.03 Å². The minimum absolute atomic E-state index is 0.155. The van der Waals surface area contributed by atoms with Crippen LogP contribution < -0.4 is 10.7 Å². The van der Waals surface area contributed by atoms with Crippen LogP contribution in [-0.4, -0.2) is 46.9 Å². The average Bonchev–Trinajstić information content (AvgIpc) is 3.02. The maximum absolute atomic E-state index is 13.5. The molecule has 156 valence electrons. The predicted octanol–water partition coefficient (Wildman–Crippen LogP) is 2.39. The smallest absolute Gasteiger partial charge is 0.314 e. The highest BCUT2D eigenvalue weighted by Gasteiger charge is 2.54. The molecule has 7 heteroatoms. The number of piperidine rings is 1. The first kappa shape index (κ1) is 20.1. The van der Waals surface area contributed by atoms with Gasteiger partial charge in [-0.3, -0.25) is 19.9 Å². The number of hydrogen-bond acceptors (Lipinski definition) is 4. The number of likely N-dealkylation sites (tertiary alicyclic amines) is 1. The number of carbonyl (C=O) groups excluding carboxylic acids is 3. The fraction of sp³-hybridized carbons (Fsp3) is 0.348. The van der Waals surface area contributed by atoms with E-state index in [1.807, 2.05) is 36.4 Å². The SMILES string of the molecule is C[C@H]1CCCCN1CC(=O)NN1C(=O)NC(c2ccccc2)(c2ccccc2)C1=O. The molecule has 0 radical (unpaired) electrons. The second-order valence-electron chi connectivity index (χ2n) is 7.90. The molecule has 0 aliphatic carbocycles. The van der Waals surface area contributed by atoms with Crippen molar-refractivity contribution in [1.29, 1.82) is 0 Å². The molecule has 4 amide bonds. The van der Waals surface area contributed by atoms with Gasteiger partial charge in [-0.25, -0.2) is 4.79 Å². The van der Waals surface area contributed by atoms with Crippen molar-refractivity contribution >= 4 is 17.8 Å². The second-order valence-corrected chi connectivity index (χ2v) is 7.90. The zero-order valence-corrected chi connectivity index (χ0v) is 17.0. The largest absolute Gasteiger partial charge is 0.344 e. The van der Waals surface area contributed by atoms with Crippen molar-refractivity contribution in [1.82, 2.24) is 20.7 Å². The van der Waals surface area contributed by atoms with Gasteiger partial charge in [-0.1, -0.05) is 67.1 Å². The maximum Gasteiger partial charge on any atom is 0.344 e. The standard InChI is InChI=1S/C23H26N4O3/c1-17-10-8-9-15-26(17)16-20(28)25-27-21(29)23(24-22(27)30,18-11-4-2-5-12-18)19-13-6-3-7-14-19/h2-7,11-14,17H,8-10,15-16H2,1H3,(H,24,30)(H,25,28)/t17-/m0/s1. The summed E-state index contributed by atoms with van der Waals surface area (Å²) in [6.07, 6.45) is 3.25. The summed E-state index contributed by atoms with van der Waals surface area (Å²) in [4.78, 5) is 41.1. The Morgan fingerprint density at radius 1 is 1.03 bits per heavy atom. The Kier molecular flexibility index (Phi) is 5.55. The number of hydrogen-bond donors (Lipinski definition) is 2. The summed E-state index contributed by atoms with van der Waals surface area (Å²) in [5, 5.41) is 3.64. The lowest BCUT2D eigenvalue weighted by Gasteiger charge is -2.33. The third-order valence-electron chi connectivity index (χ3n) is 5.96. The second kappa shape index (κ2) is 8.28. The van der Waals surface area contributed by atoms with Gasteiger partial charge in [0.15, 0.2) is 5.54 Å². The van der Waals surface area contributed by atoms with E-state index in [4.69, 9.17) is 0 Å². The molecule has 2 aromatic rings. The molecular formula is C23H26N4O3. The van der Waals surface area contributed by atoms with E-state index in [0.29, 0.717) is 17.2 Å². The first-order chi connectivity index (χ1) is 14.5. The Bertz CT molecular complexity index is 892. The molecule has 7 nitrogen and oxygen atoms in total. The number of carbonyl (C=O) groups is 3. The summed E-state index contributed by atoms with van der Waals surface area (Å²) in [7, 11) is 0.